The van der Waals surface area contributed by atoms with Gasteiger partial charge in [0, 0.05) is 25.2 Å². The number of carbonyl (C=O) groups excluding carboxylic acids is 1. The number of rotatable bonds is 6. The van der Waals surface area contributed by atoms with Crippen molar-refractivity contribution in [2.45, 2.75) is 32.4 Å². The van der Waals surface area contributed by atoms with Crippen molar-refractivity contribution in [3.05, 3.63) is 29.8 Å². The van der Waals surface area contributed by atoms with Crippen molar-refractivity contribution < 1.29 is 18.3 Å². The Labute approximate surface area is 144 Å². The molecule has 1 N–H and O–H groups in total. The van der Waals surface area contributed by atoms with Crippen LogP contribution >= 0.6 is 0 Å². The van der Waals surface area contributed by atoms with Crippen LogP contribution in [0.1, 0.15) is 18.9 Å². The maximum atomic E-state index is 12.6. The van der Waals surface area contributed by atoms with Crippen LogP contribution in [0.25, 0.3) is 0 Å². The van der Waals surface area contributed by atoms with Crippen LogP contribution in [0, 0.1) is 6.92 Å². The molecule has 134 valence electrons. The fourth-order valence-electron chi connectivity index (χ4n) is 3.15. The fraction of sp³-hybridized carbons (Fsp3) is 0.588. The highest BCUT2D eigenvalue weighted by Gasteiger charge is 2.38. The van der Waals surface area contributed by atoms with E-state index in [0.717, 1.165) is 11.3 Å². The average Bonchev–Trinajstić information content (AvgIpc) is 2.80. The number of aryl methyl sites for hydroxylation is 1. The van der Waals surface area contributed by atoms with E-state index in [4.69, 9.17) is 0 Å². The molecule has 0 unspecified atom stereocenters. The Morgan fingerprint density at radius 1 is 1.29 bits per heavy atom. The van der Waals surface area contributed by atoms with Gasteiger partial charge in [-0.05, 0) is 32.5 Å². The van der Waals surface area contributed by atoms with Crippen LogP contribution in [0.5, 0.6) is 0 Å². The zero-order valence-corrected chi connectivity index (χ0v) is 15.3. The summed E-state index contributed by atoms with van der Waals surface area (Å²) < 4.78 is 23.2. The lowest BCUT2D eigenvalue weighted by Gasteiger charge is -2.27. The van der Waals surface area contributed by atoms with Crippen molar-refractivity contribution >= 4 is 21.4 Å². The summed E-state index contributed by atoms with van der Waals surface area (Å²) >= 11 is 0. The lowest BCUT2D eigenvalue weighted by Crippen LogP contribution is -2.42. The molecule has 1 aromatic rings. The summed E-state index contributed by atoms with van der Waals surface area (Å²) in [5.41, 5.74) is 1.94. The SMILES string of the molecule is CCN(C(=O)CCN(C)[C@@H]1CS(=O)(=O)C[C@H]1O)c1ccccc1C. The Kier molecular flexibility index (Phi) is 6.01. The molecule has 0 radical (unpaired) electrons. The van der Waals surface area contributed by atoms with Gasteiger partial charge in [-0.3, -0.25) is 9.69 Å². The topological polar surface area (TPSA) is 77.9 Å². The summed E-state index contributed by atoms with van der Waals surface area (Å²) in [5.74, 6) is -0.247. The van der Waals surface area contributed by atoms with E-state index in [1.54, 1.807) is 16.8 Å². The standard InChI is InChI=1S/C17H26N2O4S/c1-4-19(14-8-6-5-7-13(14)2)17(21)9-10-18(3)15-11-24(22,23)12-16(15)20/h5-8,15-16,20H,4,9-12H2,1-3H3/t15-,16-/m1/s1. The van der Waals surface area contributed by atoms with Crippen molar-refractivity contribution in [1.29, 1.82) is 0 Å². The van der Waals surface area contributed by atoms with Crippen molar-refractivity contribution in [2.24, 2.45) is 0 Å². The van der Waals surface area contributed by atoms with Crippen LogP contribution in [0.15, 0.2) is 24.3 Å². The van der Waals surface area contributed by atoms with Gasteiger partial charge < -0.3 is 10.0 Å². The van der Waals surface area contributed by atoms with Gasteiger partial charge in [0.2, 0.25) is 5.91 Å². The van der Waals surface area contributed by atoms with Crippen molar-refractivity contribution in [2.75, 3.05) is 36.5 Å². The Morgan fingerprint density at radius 3 is 2.50 bits per heavy atom. The molecule has 1 saturated heterocycles. The highest BCUT2D eigenvalue weighted by atomic mass is 32.2. The van der Waals surface area contributed by atoms with Crippen LogP contribution in [0.2, 0.25) is 0 Å². The van der Waals surface area contributed by atoms with Crippen molar-refractivity contribution in [1.82, 2.24) is 4.90 Å². The second-order valence-corrected chi connectivity index (χ2v) is 8.52. The van der Waals surface area contributed by atoms with Gasteiger partial charge >= 0.3 is 0 Å². The molecule has 0 aliphatic carbocycles. The number of carbonyl (C=O) groups is 1. The third kappa shape index (κ3) is 4.34. The first-order valence-electron chi connectivity index (χ1n) is 8.20. The first-order valence-corrected chi connectivity index (χ1v) is 10.0. The summed E-state index contributed by atoms with van der Waals surface area (Å²) in [7, 11) is -1.43. The summed E-state index contributed by atoms with van der Waals surface area (Å²) in [6, 6.07) is 7.30. The number of hydrogen-bond donors (Lipinski definition) is 1. The van der Waals surface area contributed by atoms with E-state index < -0.39 is 22.0 Å². The van der Waals surface area contributed by atoms with E-state index in [9.17, 15) is 18.3 Å². The third-order valence-electron chi connectivity index (χ3n) is 4.56. The molecule has 0 spiro atoms. The molecule has 0 bridgehead atoms. The first kappa shape index (κ1) is 18.9. The van der Waals surface area contributed by atoms with Gasteiger partial charge in [0.25, 0.3) is 0 Å². The molecule has 0 aromatic heterocycles. The molecule has 1 heterocycles. The average molecular weight is 354 g/mol. The molecule has 1 aromatic carbocycles. The molecule has 1 amide bonds. The van der Waals surface area contributed by atoms with Gasteiger partial charge in [-0.1, -0.05) is 18.2 Å². The number of para-hydroxylation sites is 1. The minimum absolute atomic E-state index is 0.00556. The number of likely N-dealkylation sites (N-methyl/N-ethyl adjacent to an activating group) is 1. The van der Waals surface area contributed by atoms with E-state index in [1.807, 2.05) is 38.1 Å². The predicted octanol–water partition coefficient (Wildman–Crippen LogP) is 0.828. The van der Waals surface area contributed by atoms with E-state index in [-0.39, 0.29) is 23.8 Å². The van der Waals surface area contributed by atoms with E-state index in [0.29, 0.717) is 13.1 Å². The van der Waals surface area contributed by atoms with Gasteiger partial charge in [0.1, 0.15) is 0 Å². The van der Waals surface area contributed by atoms with Crippen LogP contribution in [-0.2, 0) is 14.6 Å². The molecule has 1 aliphatic rings. The zero-order valence-electron chi connectivity index (χ0n) is 14.5. The number of benzene rings is 1. The van der Waals surface area contributed by atoms with E-state index >= 15 is 0 Å². The van der Waals surface area contributed by atoms with Crippen LogP contribution in [0.4, 0.5) is 5.69 Å². The highest BCUT2D eigenvalue weighted by Crippen LogP contribution is 2.21. The minimum Gasteiger partial charge on any atom is -0.390 e. The number of aliphatic hydroxyl groups is 1. The van der Waals surface area contributed by atoms with Crippen LogP contribution in [-0.4, -0.2) is 68.1 Å². The maximum Gasteiger partial charge on any atom is 0.228 e. The monoisotopic (exact) mass is 354 g/mol. The van der Waals surface area contributed by atoms with E-state index in [2.05, 4.69) is 0 Å². The number of nitrogens with zero attached hydrogens (tertiary/aromatic N) is 2. The summed E-state index contributed by atoms with van der Waals surface area (Å²) in [4.78, 5) is 16.1. The number of hydrogen-bond acceptors (Lipinski definition) is 5. The Balaban J connectivity index is 1.98. The molecular formula is C17H26N2O4S. The molecule has 1 aliphatic heterocycles. The maximum absolute atomic E-state index is 12.6. The lowest BCUT2D eigenvalue weighted by molar-refractivity contribution is -0.119. The fourth-order valence-corrected chi connectivity index (χ4v) is 5.03. The molecule has 6 nitrogen and oxygen atoms in total. The largest absolute Gasteiger partial charge is 0.390 e. The summed E-state index contributed by atoms with van der Waals surface area (Å²) in [6.07, 6.45) is -0.601. The number of aliphatic hydroxyl groups excluding tert-OH is 1. The Morgan fingerprint density at radius 2 is 1.96 bits per heavy atom. The zero-order chi connectivity index (χ0) is 17.9. The normalized spacial score (nSPS) is 22.7. The molecule has 24 heavy (non-hydrogen) atoms. The quantitative estimate of drug-likeness (QED) is 0.819. The van der Waals surface area contributed by atoms with Gasteiger partial charge in [-0.25, -0.2) is 8.42 Å². The Bertz CT molecular complexity index is 690. The van der Waals surface area contributed by atoms with Gasteiger partial charge in [0.15, 0.2) is 9.84 Å². The number of sulfone groups is 1. The third-order valence-corrected chi connectivity index (χ3v) is 6.26. The second-order valence-electron chi connectivity index (χ2n) is 6.37. The minimum atomic E-state index is -3.18. The smallest absolute Gasteiger partial charge is 0.228 e. The molecule has 0 saturated carbocycles. The molecule has 2 rings (SSSR count). The summed E-state index contributed by atoms with van der Waals surface area (Å²) in [5, 5.41) is 9.91. The highest BCUT2D eigenvalue weighted by molar-refractivity contribution is 7.91. The Hall–Kier alpha value is -1.44. The van der Waals surface area contributed by atoms with Gasteiger partial charge in [-0.15, -0.1) is 0 Å². The van der Waals surface area contributed by atoms with Crippen LogP contribution in [0.3, 0.4) is 0 Å². The number of anilines is 1. The first-order chi connectivity index (χ1) is 11.2. The molecule has 7 heteroatoms. The van der Waals surface area contributed by atoms with Gasteiger partial charge in [-0.2, -0.15) is 0 Å². The second kappa shape index (κ2) is 7.63. The van der Waals surface area contributed by atoms with E-state index in [1.165, 1.54) is 0 Å². The van der Waals surface area contributed by atoms with Gasteiger partial charge in [0.05, 0.1) is 23.7 Å². The molecular weight excluding hydrogens is 328 g/mol. The predicted molar refractivity (Wildman–Crippen MR) is 94.9 cm³/mol. The van der Waals surface area contributed by atoms with Crippen LogP contribution < -0.4 is 4.90 Å². The molecule has 2 atom stereocenters. The lowest BCUT2D eigenvalue weighted by atomic mass is 10.1. The summed E-state index contributed by atoms with van der Waals surface area (Å²) in [6.45, 7) is 4.89. The van der Waals surface area contributed by atoms with Crippen molar-refractivity contribution in [3.63, 3.8) is 0 Å². The molecule has 1 fully saturated rings. The number of amides is 1. The van der Waals surface area contributed by atoms with Crippen molar-refractivity contribution in [3.8, 4) is 0 Å².